The molecule has 0 aliphatic heterocycles. The molecule has 3 aromatic rings. The molecule has 2 N–H and O–H groups in total. The Labute approximate surface area is 120 Å². The van der Waals surface area contributed by atoms with E-state index in [2.05, 4.69) is 9.71 Å². The van der Waals surface area contributed by atoms with Crippen LogP contribution in [0.3, 0.4) is 0 Å². The molecule has 0 radical (unpaired) electrons. The largest absolute Gasteiger partial charge is 0.419 e. The summed E-state index contributed by atoms with van der Waals surface area (Å²) >= 11 is 0. The molecule has 0 saturated heterocycles. The maximum atomic E-state index is 12.2. The number of H-pyrrole nitrogens is 1. The van der Waals surface area contributed by atoms with Gasteiger partial charge in [-0.15, -0.1) is 0 Å². The van der Waals surface area contributed by atoms with E-state index in [0.29, 0.717) is 5.52 Å². The fourth-order valence-corrected chi connectivity index (χ4v) is 3.04. The van der Waals surface area contributed by atoms with E-state index in [4.69, 9.17) is 4.42 Å². The van der Waals surface area contributed by atoms with Crippen molar-refractivity contribution < 1.29 is 12.8 Å². The smallest absolute Gasteiger partial charge is 0.408 e. The van der Waals surface area contributed by atoms with Gasteiger partial charge in [0.15, 0.2) is 5.58 Å². The van der Waals surface area contributed by atoms with Crippen LogP contribution in [0.4, 0.5) is 0 Å². The van der Waals surface area contributed by atoms with E-state index in [1.807, 2.05) is 0 Å². The zero-order valence-corrected chi connectivity index (χ0v) is 12.0. The van der Waals surface area contributed by atoms with Crippen molar-refractivity contribution in [2.75, 3.05) is 0 Å². The number of aromatic nitrogens is 2. The number of benzene rings is 1. The molecule has 2 aromatic heterocycles. The van der Waals surface area contributed by atoms with Crippen LogP contribution in [0.15, 0.2) is 50.6 Å². The maximum Gasteiger partial charge on any atom is 0.419 e. The van der Waals surface area contributed by atoms with Crippen molar-refractivity contribution >= 4 is 21.1 Å². The molecule has 110 valence electrons. The first-order valence-electron chi connectivity index (χ1n) is 6.19. The average Bonchev–Trinajstić information content (AvgIpc) is 3.06. The first-order chi connectivity index (χ1) is 9.97. The number of hydrogen-bond acceptors (Lipinski definition) is 4. The Morgan fingerprint density at radius 2 is 2.14 bits per heavy atom. The summed E-state index contributed by atoms with van der Waals surface area (Å²) < 4.78 is 33.2. The summed E-state index contributed by atoms with van der Waals surface area (Å²) in [6, 6.07) is 7.89. The van der Waals surface area contributed by atoms with Crippen molar-refractivity contribution in [2.45, 2.75) is 11.4 Å². The monoisotopic (exact) mass is 307 g/mol. The van der Waals surface area contributed by atoms with Crippen LogP contribution in [0, 0.1) is 0 Å². The highest BCUT2D eigenvalue weighted by molar-refractivity contribution is 7.89. The lowest BCUT2D eigenvalue weighted by molar-refractivity contribution is 0.527. The molecule has 8 heteroatoms. The number of oxazole rings is 1. The molecule has 0 fully saturated rings. The Kier molecular flexibility index (Phi) is 3.19. The lowest BCUT2D eigenvalue weighted by Crippen LogP contribution is -2.23. The topological polar surface area (TPSA) is 97.1 Å². The fourth-order valence-electron chi connectivity index (χ4n) is 2.01. The van der Waals surface area contributed by atoms with Crippen molar-refractivity contribution in [3.63, 3.8) is 0 Å². The lowest BCUT2D eigenvalue weighted by Gasteiger charge is -2.05. The SMILES string of the molecule is Cn1c(=O)oc2cc(S(=O)(=O)NCc3ccc[nH]3)ccc21. The van der Waals surface area contributed by atoms with Gasteiger partial charge in [-0.1, -0.05) is 0 Å². The number of nitrogens with one attached hydrogen (secondary N) is 2. The number of aromatic amines is 1. The zero-order chi connectivity index (χ0) is 15.0. The van der Waals surface area contributed by atoms with Gasteiger partial charge in [-0.3, -0.25) is 4.57 Å². The fraction of sp³-hybridized carbons (Fsp3) is 0.154. The molecule has 0 amide bonds. The molecule has 0 aliphatic carbocycles. The van der Waals surface area contributed by atoms with Crippen LogP contribution in [0.5, 0.6) is 0 Å². The Hall–Kier alpha value is -2.32. The van der Waals surface area contributed by atoms with Gasteiger partial charge in [0, 0.05) is 25.0 Å². The molecule has 0 atom stereocenters. The molecule has 0 aliphatic rings. The van der Waals surface area contributed by atoms with Crippen LogP contribution in [0.25, 0.3) is 11.1 Å². The number of aryl methyl sites for hydroxylation is 1. The third-order valence-corrected chi connectivity index (χ3v) is 4.59. The van der Waals surface area contributed by atoms with Crippen LogP contribution >= 0.6 is 0 Å². The van der Waals surface area contributed by atoms with Crippen LogP contribution < -0.4 is 10.5 Å². The van der Waals surface area contributed by atoms with Crippen molar-refractivity contribution in [1.29, 1.82) is 0 Å². The summed E-state index contributed by atoms with van der Waals surface area (Å²) in [6.45, 7) is 0.159. The number of rotatable bonds is 4. The highest BCUT2D eigenvalue weighted by Gasteiger charge is 2.16. The Morgan fingerprint density at radius 1 is 1.33 bits per heavy atom. The lowest BCUT2D eigenvalue weighted by atomic mass is 10.3. The molecule has 0 bridgehead atoms. The minimum absolute atomic E-state index is 0.0518. The van der Waals surface area contributed by atoms with Gasteiger partial charge in [0.1, 0.15) is 0 Å². The minimum atomic E-state index is -3.67. The van der Waals surface area contributed by atoms with Gasteiger partial charge in [0.2, 0.25) is 10.0 Å². The second kappa shape index (κ2) is 4.90. The highest BCUT2D eigenvalue weighted by Crippen LogP contribution is 2.18. The second-order valence-electron chi connectivity index (χ2n) is 4.58. The van der Waals surface area contributed by atoms with Crippen molar-refractivity contribution in [3.8, 4) is 0 Å². The molecule has 2 heterocycles. The molecule has 7 nitrogen and oxygen atoms in total. The van der Waals surface area contributed by atoms with Gasteiger partial charge in [-0.25, -0.2) is 17.9 Å². The van der Waals surface area contributed by atoms with E-state index < -0.39 is 15.8 Å². The van der Waals surface area contributed by atoms with Gasteiger partial charge in [-0.2, -0.15) is 0 Å². The van der Waals surface area contributed by atoms with Crippen LogP contribution in [-0.2, 0) is 23.6 Å². The quantitative estimate of drug-likeness (QED) is 0.749. The first-order valence-corrected chi connectivity index (χ1v) is 7.67. The molecule has 3 rings (SSSR count). The van der Waals surface area contributed by atoms with Gasteiger partial charge in [0.25, 0.3) is 0 Å². The maximum absolute atomic E-state index is 12.2. The average molecular weight is 307 g/mol. The van der Waals surface area contributed by atoms with E-state index in [-0.39, 0.29) is 17.0 Å². The summed E-state index contributed by atoms with van der Waals surface area (Å²) in [5.74, 6) is -0.529. The predicted octanol–water partition coefficient (Wildman–Crippen LogP) is 0.938. The molecular weight excluding hydrogens is 294 g/mol. The molecule has 1 aromatic carbocycles. The third-order valence-electron chi connectivity index (χ3n) is 3.19. The van der Waals surface area contributed by atoms with Crippen molar-refractivity contribution in [1.82, 2.24) is 14.3 Å². The van der Waals surface area contributed by atoms with E-state index in [1.54, 1.807) is 31.4 Å². The Balaban J connectivity index is 1.93. The van der Waals surface area contributed by atoms with E-state index in [9.17, 15) is 13.2 Å². The molecule has 21 heavy (non-hydrogen) atoms. The summed E-state index contributed by atoms with van der Waals surface area (Å²) in [6.07, 6.45) is 1.72. The summed E-state index contributed by atoms with van der Waals surface area (Å²) in [4.78, 5) is 14.4. The molecule has 0 unspecified atom stereocenters. The normalized spacial score (nSPS) is 12.0. The van der Waals surface area contributed by atoms with Gasteiger partial charge in [-0.05, 0) is 24.3 Å². The summed E-state index contributed by atoms with van der Waals surface area (Å²) in [5, 5.41) is 0. The Morgan fingerprint density at radius 3 is 2.86 bits per heavy atom. The summed E-state index contributed by atoms with van der Waals surface area (Å²) in [7, 11) is -2.11. The Bertz CT molecular complexity index is 936. The first kappa shape index (κ1) is 13.7. The standard InChI is InChI=1S/C13H13N3O4S/c1-16-11-5-4-10(7-12(11)20-13(16)17)21(18,19)15-8-9-3-2-6-14-9/h2-7,14-15H,8H2,1H3. The van der Waals surface area contributed by atoms with E-state index in [1.165, 1.54) is 16.7 Å². The minimum Gasteiger partial charge on any atom is -0.408 e. The molecular formula is C13H13N3O4S. The number of sulfonamides is 1. The van der Waals surface area contributed by atoms with Crippen LogP contribution in [0.2, 0.25) is 0 Å². The highest BCUT2D eigenvalue weighted by atomic mass is 32.2. The zero-order valence-electron chi connectivity index (χ0n) is 11.2. The number of nitrogens with zero attached hydrogens (tertiary/aromatic N) is 1. The number of hydrogen-bond donors (Lipinski definition) is 2. The van der Waals surface area contributed by atoms with Crippen molar-refractivity contribution in [3.05, 3.63) is 52.8 Å². The van der Waals surface area contributed by atoms with Crippen LogP contribution in [0.1, 0.15) is 5.69 Å². The summed E-state index contributed by atoms with van der Waals surface area (Å²) in [5.41, 5.74) is 1.54. The van der Waals surface area contributed by atoms with Crippen LogP contribution in [-0.4, -0.2) is 18.0 Å². The van der Waals surface area contributed by atoms with Gasteiger partial charge in [0.05, 0.1) is 17.0 Å². The van der Waals surface area contributed by atoms with E-state index >= 15 is 0 Å². The van der Waals surface area contributed by atoms with Gasteiger partial charge < -0.3 is 9.40 Å². The van der Waals surface area contributed by atoms with Gasteiger partial charge >= 0.3 is 5.76 Å². The molecule has 0 saturated carbocycles. The predicted molar refractivity (Wildman–Crippen MR) is 76.3 cm³/mol. The van der Waals surface area contributed by atoms with E-state index in [0.717, 1.165) is 5.69 Å². The molecule has 0 spiro atoms. The number of fused-ring (bicyclic) bond motifs is 1. The second-order valence-corrected chi connectivity index (χ2v) is 6.34. The van der Waals surface area contributed by atoms with Crippen molar-refractivity contribution in [2.24, 2.45) is 7.05 Å². The third kappa shape index (κ3) is 2.50.